The van der Waals surface area contributed by atoms with Crippen LogP contribution in [0.3, 0.4) is 0 Å². The molecule has 0 amide bonds. The van der Waals surface area contributed by atoms with Gasteiger partial charge in [-0.2, -0.15) is 0 Å². The van der Waals surface area contributed by atoms with Crippen LogP contribution in [0.5, 0.6) is 0 Å². The highest BCUT2D eigenvalue weighted by Gasteiger charge is 1.92. The summed E-state index contributed by atoms with van der Waals surface area (Å²) in [5.74, 6) is 0. The van der Waals surface area contributed by atoms with Crippen molar-refractivity contribution < 1.29 is 0 Å². The van der Waals surface area contributed by atoms with Crippen LogP contribution in [0.2, 0.25) is 0 Å². The number of aryl methyl sites for hydroxylation is 2. The largest absolute Gasteiger partial charge is 0.245 e. The Morgan fingerprint density at radius 2 is 2.33 bits per heavy atom. The summed E-state index contributed by atoms with van der Waals surface area (Å²) in [6.07, 6.45) is 4.42. The van der Waals surface area contributed by atoms with Gasteiger partial charge in [0.05, 0.1) is 0 Å². The van der Waals surface area contributed by atoms with Crippen LogP contribution < -0.4 is 0 Å². The average molecular weight is 122 g/mol. The first-order chi connectivity index (χ1) is 4.34. The van der Waals surface area contributed by atoms with Gasteiger partial charge in [-0.1, -0.05) is 6.92 Å². The van der Waals surface area contributed by atoms with Crippen molar-refractivity contribution in [2.45, 2.75) is 20.3 Å². The Labute approximate surface area is 55.0 Å². The summed E-state index contributed by atoms with van der Waals surface area (Å²) >= 11 is 0. The molecule has 0 bridgehead atoms. The summed E-state index contributed by atoms with van der Waals surface area (Å²) < 4.78 is 0. The van der Waals surface area contributed by atoms with E-state index in [1.807, 2.05) is 13.1 Å². The molecule has 0 aromatic carbocycles. The van der Waals surface area contributed by atoms with Gasteiger partial charge in [-0.3, -0.25) is 0 Å². The first-order valence-corrected chi connectivity index (χ1v) is 3.10. The third-order valence-corrected chi connectivity index (χ3v) is 1.34. The van der Waals surface area contributed by atoms with Gasteiger partial charge in [0.25, 0.3) is 0 Å². The fourth-order valence-corrected chi connectivity index (χ4v) is 0.795. The molecule has 0 aliphatic heterocycles. The highest BCUT2D eigenvalue weighted by atomic mass is 14.8. The van der Waals surface area contributed by atoms with Crippen LogP contribution in [0.1, 0.15) is 18.2 Å². The minimum atomic E-state index is 0.994. The van der Waals surface area contributed by atoms with Gasteiger partial charge >= 0.3 is 0 Å². The molecular formula is C7H10N2. The Balaban J connectivity index is 3.01. The Kier molecular flexibility index (Phi) is 1.78. The van der Waals surface area contributed by atoms with Gasteiger partial charge < -0.3 is 0 Å². The SMILES string of the molecule is CCc1ncncc1C. The lowest BCUT2D eigenvalue weighted by Crippen LogP contribution is -1.91. The van der Waals surface area contributed by atoms with Crippen LogP contribution in [-0.2, 0) is 6.42 Å². The van der Waals surface area contributed by atoms with Crippen LogP contribution in [-0.4, -0.2) is 9.97 Å². The Morgan fingerprint density at radius 1 is 1.56 bits per heavy atom. The number of rotatable bonds is 1. The van der Waals surface area contributed by atoms with E-state index >= 15 is 0 Å². The summed E-state index contributed by atoms with van der Waals surface area (Å²) in [6, 6.07) is 0. The molecule has 0 fully saturated rings. The Hall–Kier alpha value is -0.920. The smallest absolute Gasteiger partial charge is 0.115 e. The van der Waals surface area contributed by atoms with Crippen LogP contribution in [0, 0.1) is 6.92 Å². The molecule has 1 rings (SSSR count). The van der Waals surface area contributed by atoms with E-state index in [2.05, 4.69) is 16.9 Å². The van der Waals surface area contributed by atoms with E-state index in [1.54, 1.807) is 6.33 Å². The molecule has 0 radical (unpaired) electrons. The second kappa shape index (κ2) is 2.58. The third-order valence-electron chi connectivity index (χ3n) is 1.34. The summed E-state index contributed by atoms with van der Waals surface area (Å²) in [5.41, 5.74) is 2.32. The van der Waals surface area contributed by atoms with Gasteiger partial charge in [0, 0.05) is 11.9 Å². The minimum absolute atomic E-state index is 0.994. The molecule has 0 saturated heterocycles. The topological polar surface area (TPSA) is 25.8 Å². The van der Waals surface area contributed by atoms with Gasteiger partial charge in [0.15, 0.2) is 0 Å². The van der Waals surface area contributed by atoms with Gasteiger partial charge in [-0.05, 0) is 18.9 Å². The highest BCUT2D eigenvalue weighted by Crippen LogP contribution is 1.99. The van der Waals surface area contributed by atoms with Crippen molar-refractivity contribution in [1.29, 1.82) is 0 Å². The maximum atomic E-state index is 4.09. The van der Waals surface area contributed by atoms with Gasteiger partial charge in [-0.15, -0.1) is 0 Å². The van der Waals surface area contributed by atoms with E-state index in [0.29, 0.717) is 0 Å². The van der Waals surface area contributed by atoms with Crippen molar-refractivity contribution in [2.75, 3.05) is 0 Å². The minimum Gasteiger partial charge on any atom is -0.245 e. The molecule has 0 atom stereocenters. The molecule has 0 spiro atoms. The van der Waals surface area contributed by atoms with Crippen LogP contribution in [0.25, 0.3) is 0 Å². The number of aromatic nitrogens is 2. The molecule has 0 N–H and O–H groups in total. The fourth-order valence-electron chi connectivity index (χ4n) is 0.795. The van der Waals surface area contributed by atoms with Crippen molar-refractivity contribution in [2.24, 2.45) is 0 Å². The highest BCUT2D eigenvalue weighted by molar-refractivity contribution is 5.12. The summed E-state index contributed by atoms with van der Waals surface area (Å²) in [4.78, 5) is 7.97. The van der Waals surface area contributed by atoms with E-state index in [9.17, 15) is 0 Å². The van der Waals surface area contributed by atoms with E-state index in [1.165, 1.54) is 5.56 Å². The zero-order valence-electron chi connectivity index (χ0n) is 5.76. The molecule has 2 heteroatoms. The summed E-state index contributed by atoms with van der Waals surface area (Å²) in [6.45, 7) is 4.12. The molecule has 1 aromatic heterocycles. The van der Waals surface area contributed by atoms with Crippen molar-refractivity contribution >= 4 is 0 Å². The van der Waals surface area contributed by atoms with E-state index in [4.69, 9.17) is 0 Å². The summed E-state index contributed by atoms with van der Waals surface area (Å²) in [5, 5.41) is 0. The fraction of sp³-hybridized carbons (Fsp3) is 0.429. The monoisotopic (exact) mass is 122 g/mol. The van der Waals surface area contributed by atoms with Gasteiger partial charge in [0.1, 0.15) is 6.33 Å². The quantitative estimate of drug-likeness (QED) is 0.562. The maximum absolute atomic E-state index is 4.09. The zero-order valence-corrected chi connectivity index (χ0v) is 5.76. The first-order valence-electron chi connectivity index (χ1n) is 3.10. The van der Waals surface area contributed by atoms with E-state index in [0.717, 1.165) is 12.1 Å². The van der Waals surface area contributed by atoms with Crippen molar-refractivity contribution in [1.82, 2.24) is 9.97 Å². The molecule has 1 aromatic rings. The normalized spacial score (nSPS) is 9.56. The van der Waals surface area contributed by atoms with Crippen LogP contribution >= 0.6 is 0 Å². The number of hydrogen-bond acceptors (Lipinski definition) is 2. The standard InChI is InChI=1S/C7H10N2/c1-3-7-6(2)4-8-5-9-7/h4-5H,3H2,1-2H3. The van der Waals surface area contributed by atoms with Crippen LogP contribution in [0.4, 0.5) is 0 Å². The van der Waals surface area contributed by atoms with Gasteiger partial charge in [-0.25, -0.2) is 9.97 Å². The molecule has 0 saturated carbocycles. The molecule has 1 heterocycles. The van der Waals surface area contributed by atoms with E-state index < -0.39 is 0 Å². The number of nitrogens with zero attached hydrogens (tertiary/aromatic N) is 2. The second-order valence-corrected chi connectivity index (χ2v) is 2.01. The van der Waals surface area contributed by atoms with E-state index in [-0.39, 0.29) is 0 Å². The number of hydrogen-bond donors (Lipinski definition) is 0. The maximum Gasteiger partial charge on any atom is 0.115 e. The molecular weight excluding hydrogens is 112 g/mol. The van der Waals surface area contributed by atoms with Crippen LogP contribution in [0.15, 0.2) is 12.5 Å². The first kappa shape index (κ1) is 6.20. The molecule has 0 aliphatic rings. The Bertz CT molecular complexity index is 196. The zero-order chi connectivity index (χ0) is 6.69. The molecule has 0 unspecified atom stereocenters. The third kappa shape index (κ3) is 1.25. The van der Waals surface area contributed by atoms with Gasteiger partial charge in [0.2, 0.25) is 0 Å². The lowest BCUT2D eigenvalue weighted by atomic mass is 10.2. The lowest BCUT2D eigenvalue weighted by molar-refractivity contribution is 0.969. The second-order valence-electron chi connectivity index (χ2n) is 2.01. The predicted molar refractivity (Wildman–Crippen MR) is 36.1 cm³/mol. The van der Waals surface area contributed by atoms with Crippen molar-refractivity contribution in [3.8, 4) is 0 Å². The predicted octanol–water partition coefficient (Wildman–Crippen LogP) is 1.35. The average Bonchev–Trinajstić information content (AvgIpc) is 1.89. The molecule has 48 valence electrons. The molecule has 2 nitrogen and oxygen atoms in total. The summed E-state index contributed by atoms with van der Waals surface area (Å²) in [7, 11) is 0. The molecule has 0 aliphatic carbocycles. The Morgan fingerprint density at radius 3 is 2.78 bits per heavy atom. The lowest BCUT2D eigenvalue weighted by Gasteiger charge is -1.96. The molecule has 9 heavy (non-hydrogen) atoms. The van der Waals surface area contributed by atoms with Crippen molar-refractivity contribution in [3.63, 3.8) is 0 Å². The van der Waals surface area contributed by atoms with Crippen molar-refractivity contribution in [3.05, 3.63) is 23.8 Å².